The van der Waals surface area contributed by atoms with Crippen molar-refractivity contribution in [1.82, 2.24) is 15.1 Å². The Balaban J connectivity index is 2.08. The van der Waals surface area contributed by atoms with Gasteiger partial charge in [-0.15, -0.1) is 0 Å². The molecule has 0 bridgehead atoms. The number of nitrogens with zero attached hydrogens (tertiary/aromatic N) is 2. The lowest BCUT2D eigenvalue weighted by Crippen LogP contribution is -2.54. The van der Waals surface area contributed by atoms with Gasteiger partial charge in [0.2, 0.25) is 0 Å². The Kier molecular flexibility index (Phi) is 3.85. The van der Waals surface area contributed by atoms with Gasteiger partial charge in [0.15, 0.2) is 0 Å². The van der Waals surface area contributed by atoms with Crippen molar-refractivity contribution in [2.75, 3.05) is 46.4 Å². The van der Waals surface area contributed by atoms with E-state index in [1.165, 1.54) is 6.42 Å². The second-order valence-electron chi connectivity index (χ2n) is 5.44. The zero-order chi connectivity index (χ0) is 11.6. The van der Waals surface area contributed by atoms with Crippen molar-refractivity contribution in [2.24, 2.45) is 0 Å². The Hall–Kier alpha value is -0.160. The number of likely N-dealkylation sites (N-methyl/N-ethyl adjacent to an activating group) is 1. The summed E-state index contributed by atoms with van der Waals surface area (Å²) in [7, 11) is 2.16. The number of likely N-dealkylation sites (tertiary alicyclic amines) is 1. The summed E-state index contributed by atoms with van der Waals surface area (Å²) in [6, 6.07) is 0.586. The highest BCUT2D eigenvalue weighted by molar-refractivity contribution is 5.01. The monoisotopic (exact) mass is 227 g/mol. The summed E-state index contributed by atoms with van der Waals surface area (Å²) >= 11 is 0. The lowest BCUT2D eigenvalue weighted by atomic mass is 9.94. The molecule has 0 spiro atoms. The van der Waals surface area contributed by atoms with Gasteiger partial charge in [-0.05, 0) is 33.4 Å². The summed E-state index contributed by atoms with van der Waals surface area (Å²) in [5, 5.41) is 13.2. The molecule has 4 nitrogen and oxygen atoms in total. The molecule has 2 N–H and O–H groups in total. The van der Waals surface area contributed by atoms with Gasteiger partial charge in [-0.3, -0.25) is 4.90 Å². The molecule has 2 aliphatic rings. The second-order valence-corrected chi connectivity index (χ2v) is 5.44. The van der Waals surface area contributed by atoms with Crippen LogP contribution in [-0.2, 0) is 0 Å². The van der Waals surface area contributed by atoms with E-state index in [4.69, 9.17) is 0 Å². The highest BCUT2D eigenvalue weighted by Crippen LogP contribution is 2.31. The molecule has 2 fully saturated rings. The third-order valence-corrected chi connectivity index (χ3v) is 4.28. The second kappa shape index (κ2) is 5.00. The largest absolute Gasteiger partial charge is 0.394 e. The maximum absolute atomic E-state index is 9.81. The van der Waals surface area contributed by atoms with Gasteiger partial charge in [0.1, 0.15) is 0 Å². The van der Waals surface area contributed by atoms with Gasteiger partial charge in [-0.25, -0.2) is 0 Å². The smallest absolute Gasteiger partial charge is 0.0628 e. The number of hydrogen-bond acceptors (Lipinski definition) is 4. The summed E-state index contributed by atoms with van der Waals surface area (Å²) in [5.41, 5.74) is 0.0141. The van der Waals surface area contributed by atoms with E-state index in [9.17, 15) is 5.11 Å². The van der Waals surface area contributed by atoms with E-state index >= 15 is 0 Å². The number of hydrogen-bond donors (Lipinski definition) is 2. The van der Waals surface area contributed by atoms with Crippen molar-refractivity contribution in [2.45, 2.75) is 31.3 Å². The van der Waals surface area contributed by atoms with Gasteiger partial charge in [0.25, 0.3) is 0 Å². The van der Waals surface area contributed by atoms with Crippen LogP contribution in [-0.4, -0.2) is 72.9 Å². The van der Waals surface area contributed by atoms with Crippen molar-refractivity contribution in [3.8, 4) is 0 Å². The maximum atomic E-state index is 9.81. The topological polar surface area (TPSA) is 38.7 Å². The lowest BCUT2D eigenvalue weighted by molar-refractivity contribution is 0.0416. The number of aliphatic hydroxyl groups is 1. The Morgan fingerprint density at radius 2 is 2.19 bits per heavy atom. The van der Waals surface area contributed by atoms with Gasteiger partial charge in [0, 0.05) is 32.2 Å². The van der Waals surface area contributed by atoms with E-state index in [1.807, 2.05) is 0 Å². The maximum Gasteiger partial charge on any atom is 0.0628 e. The molecule has 2 aliphatic heterocycles. The number of nitrogens with one attached hydrogen (secondary N) is 1. The van der Waals surface area contributed by atoms with Gasteiger partial charge in [-0.1, -0.05) is 0 Å². The minimum absolute atomic E-state index is 0.0141. The van der Waals surface area contributed by atoms with Gasteiger partial charge < -0.3 is 15.3 Å². The zero-order valence-electron chi connectivity index (χ0n) is 10.6. The zero-order valence-corrected chi connectivity index (χ0v) is 10.6. The fraction of sp³-hybridized carbons (Fsp3) is 1.00. The molecule has 2 heterocycles. The summed E-state index contributed by atoms with van der Waals surface area (Å²) in [6.45, 7) is 7.91. The number of rotatable bonds is 2. The molecular formula is C12H25N3O. The van der Waals surface area contributed by atoms with Gasteiger partial charge in [0.05, 0.1) is 12.1 Å². The molecule has 2 saturated heterocycles. The molecule has 2 rings (SSSR count). The van der Waals surface area contributed by atoms with Crippen LogP contribution in [0.4, 0.5) is 0 Å². The average Bonchev–Trinajstić information content (AvgIpc) is 2.51. The van der Waals surface area contributed by atoms with E-state index in [1.54, 1.807) is 0 Å². The van der Waals surface area contributed by atoms with Crippen LogP contribution in [0, 0.1) is 0 Å². The van der Waals surface area contributed by atoms with E-state index in [2.05, 4.69) is 29.1 Å². The fourth-order valence-electron chi connectivity index (χ4n) is 3.15. The molecule has 0 aromatic rings. The Morgan fingerprint density at radius 1 is 1.38 bits per heavy atom. The molecule has 94 valence electrons. The first-order chi connectivity index (χ1) is 7.68. The van der Waals surface area contributed by atoms with E-state index in [-0.39, 0.29) is 5.54 Å². The highest BCUT2D eigenvalue weighted by atomic mass is 16.3. The average molecular weight is 227 g/mol. The molecule has 0 aromatic carbocycles. The van der Waals surface area contributed by atoms with Crippen LogP contribution < -0.4 is 5.32 Å². The molecule has 4 heteroatoms. The normalized spacial score (nSPS) is 38.8. The van der Waals surface area contributed by atoms with Crippen LogP contribution in [0.3, 0.4) is 0 Å². The first-order valence-corrected chi connectivity index (χ1v) is 6.45. The van der Waals surface area contributed by atoms with Crippen LogP contribution in [0.15, 0.2) is 0 Å². The van der Waals surface area contributed by atoms with E-state index in [0.29, 0.717) is 12.6 Å². The van der Waals surface area contributed by atoms with Crippen molar-refractivity contribution >= 4 is 0 Å². The quantitative estimate of drug-likeness (QED) is 0.681. The Bertz CT molecular complexity index is 216. The van der Waals surface area contributed by atoms with E-state index < -0.39 is 0 Å². The highest BCUT2D eigenvalue weighted by Gasteiger charge is 2.44. The first-order valence-electron chi connectivity index (χ1n) is 6.45. The van der Waals surface area contributed by atoms with Crippen LogP contribution in [0.25, 0.3) is 0 Å². The Morgan fingerprint density at radius 3 is 2.81 bits per heavy atom. The predicted molar refractivity (Wildman–Crippen MR) is 65.6 cm³/mol. The molecule has 0 radical (unpaired) electrons. The third-order valence-electron chi connectivity index (χ3n) is 4.28. The molecular weight excluding hydrogens is 202 g/mol. The van der Waals surface area contributed by atoms with E-state index in [0.717, 1.165) is 39.1 Å². The van der Waals surface area contributed by atoms with Crippen molar-refractivity contribution in [3.05, 3.63) is 0 Å². The summed E-state index contributed by atoms with van der Waals surface area (Å²) in [5.74, 6) is 0. The molecule has 0 aromatic heterocycles. The molecule has 2 atom stereocenters. The lowest BCUT2D eigenvalue weighted by Gasteiger charge is -2.39. The van der Waals surface area contributed by atoms with Crippen molar-refractivity contribution in [1.29, 1.82) is 0 Å². The van der Waals surface area contributed by atoms with Crippen molar-refractivity contribution < 1.29 is 5.11 Å². The van der Waals surface area contributed by atoms with Crippen LogP contribution >= 0.6 is 0 Å². The summed E-state index contributed by atoms with van der Waals surface area (Å²) in [6.07, 6.45) is 2.29. The third kappa shape index (κ3) is 2.25. The minimum Gasteiger partial charge on any atom is -0.394 e. The predicted octanol–water partition coefficient (Wildman–Crippen LogP) is -0.263. The Labute approximate surface area is 98.6 Å². The summed E-state index contributed by atoms with van der Waals surface area (Å²) in [4.78, 5) is 4.88. The van der Waals surface area contributed by atoms with Crippen molar-refractivity contribution in [3.63, 3.8) is 0 Å². The van der Waals surface area contributed by atoms with Crippen LogP contribution in [0.1, 0.15) is 19.8 Å². The fourth-order valence-corrected chi connectivity index (χ4v) is 3.15. The standard InChI is InChI=1S/C12H25N3O/c1-11-8-12(10-16,9-14(11)2)15-6-3-4-13-5-7-15/h11,13,16H,3-10H2,1-2H3. The molecule has 0 saturated carbocycles. The van der Waals surface area contributed by atoms with Gasteiger partial charge in [-0.2, -0.15) is 0 Å². The molecule has 16 heavy (non-hydrogen) atoms. The molecule has 2 unspecified atom stereocenters. The molecule has 0 amide bonds. The minimum atomic E-state index is 0.0141. The summed E-state index contributed by atoms with van der Waals surface area (Å²) < 4.78 is 0. The van der Waals surface area contributed by atoms with Crippen LogP contribution in [0.2, 0.25) is 0 Å². The SMILES string of the molecule is CC1CC(CO)(N2CCCNCC2)CN1C. The number of aliphatic hydroxyl groups excluding tert-OH is 1. The first kappa shape index (κ1) is 12.3. The van der Waals surface area contributed by atoms with Gasteiger partial charge >= 0.3 is 0 Å². The molecule has 0 aliphatic carbocycles. The van der Waals surface area contributed by atoms with Crippen LogP contribution in [0.5, 0.6) is 0 Å².